The average molecular weight is 278 g/mol. The van der Waals surface area contributed by atoms with Gasteiger partial charge < -0.3 is 0 Å². The minimum atomic E-state index is -5.65. The van der Waals surface area contributed by atoms with Crippen molar-refractivity contribution in [2.24, 2.45) is 0 Å². The van der Waals surface area contributed by atoms with Gasteiger partial charge in [-0.25, -0.2) is 8.42 Å². The van der Waals surface area contributed by atoms with E-state index in [9.17, 15) is 26.4 Å². The molecule has 94 valence electrons. The second-order valence-corrected chi connectivity index (χ2v) is 8.13. The van der Waals surface area contributed by atoms with Gasteiger partial charge in [0.1, 0.15) is 5.94 Å². The molecule has 0 aromatic heterocycles. The normalized spacial score (nSPS) is 30.9. The van der Waals surface area contributed by atoms with Crippen molar-refractivity contribution in [3.8, 4) is 0 Å². The van der Waals surface area contributed by atoms with E-state index in [-0.39, 0.29) is 17.1 Å². The van der Waals surface area contributed by atoms with Crippen molar-refractivity contribution in [3.05, 3.63) is 4.91 Å². The number of rotatable bonds is 2. The second-order valence-electron chi connectivity index (χ2n) is 3.31. The van der Waals surface area contributed by atoms with Crippen LogP contribution in [0.2, 0.25) is 0 Å². The van der Waals surface area contributed by atoms with E-state index in [1.807, 2.05) is 0 Å². The van der Waals surface area contributed by atoms with Crippen LogP contribution in [0.15, 0.2) is 4.91 Å². The van der Waals surface area contributed by atoms with E-state index >= 15 is 0 Å². The first-order chi connectivity index (χ1) is 7.12. The van der Waals surface area contributed by atoms with Gasteiger partial charge in [-0.2, -0.15) is 21.6 Å². The van der Waals surface area contributed by atoms with Crippen LogP contribution in [-0.4, -0.2) is 31.9 Å². The van der Waals surface area contributed by atoms with Gasteiger partial charge in [0.05, 0.1) is 4.91 Å². The highest BCUT2D eigenvalue weighted by atomic mass is 32.3. The van der Waals surface area contributed by atoms with E-state index in [2.05, 4.69) is 3.63 Å². The Morgan fingerprint density at radius 3 is 2.44 bits per heavy atom. The Hall–Kier alpha value is -0.500. The van der Waals surface area contributed by atoms with Gasteiger partial charge in [-0.1, -0.05) is 10.3 Å². The fourth-order valence-electron chi connectivity index (χ4n) is 1.30. The van der Waals surface area contributed by atoms with Crippen LogP contribution < -0.4 is 0 Å². The molecule has 1 heterocycles. The van der Waals surface area contributed by atoms with Gasteiger partial charge in [0.25, 0.3) is 0 Å². The molecule has 16 heavy (non-hydrogen) atoms. The van der Waals surface area contributed by atoms with E-state index < -0.39 is 25.9 Å². The Kier molecular flexibility index (Phi) is 3.45. The van der Waals surface area contributed by atoms with Crippen molar-refractivity contribution in [2.75, 3.05) is 12.0 Å². The van der Waals surface area contributed by atoms with Crippen molar-refractivity contribution >= 4 is 26.4 Å². The summed E-state index contributed by atoms with van der Waals surface area (Å²) in [6.45, 7) is 0. The maximum atomic E-state index is 12.1. The Bertz CT molecular complexity index is 435. The SMILES string of the molecule is CS1(OS(=O)(=O)C(F)(F)F)CCCC1=C=O. The number of carbonyl (C=O) groups excluding carboxylic acids is 1. The number of hydrogen-bond acceptors (Lipinski definition) is 4. The lowest BCUT2D eigenvalue weighted by Gasteiger charge is -2.29. The summed E-state index contributed by atoms with van der Waals surface area (Å²) in [4.78, 5) is 10.5. The van der Waals surface area contributed by atoms with Gasteiger partial charge in [-0.3, -0.25) is 0 Å². The molecule has 1 aliphatic rings. The topological polar surface area (TPSA) is 60.4 Å². The molecule has 1 aliphatic heterocycles. The summed E-state index contributed by atoms with van der Waals surface area (Å²) in [5.74, 6) is 1.61. The van der Waals surface area contributed by atoms with Crippen molar-refractivity contribution in [1.82, 2.24) is 0 Å². The minimum Gasteiger partial charge on any atom is -0.233 e. The highest BCUT2D eigenvalue weighted by molar-refractivity contribution is 8.35. The Morgan fingerprint density at radius 1 is 1.44 bits per heavy atom. The molecule has 0 radical (unpaired) electrons. The van der Waals surface area contributed by atoms with Gasteiger partial charge in [-0.15, -0.1) is 0 Å². The fraction of sp³-hybridized carbons (Fsp3) is 0.714. The molecule has 0 aliphatic carbocycles. The van der Waals surface area contributed by atoms with Crippen LogP contribution in [0, 0.1) is 0 Å². The second kappa shape index (κ2) is 4.06. The van der Waals surface area contributed by atoms with Gasteiger partial charge in [0, 0.05) is 5.75 Å². The average Bonchev–Trinajstić information content (AvgIpc) is 2.43. The fourth-order valence-corrected chi connectivity index (χ4v) is 5.48. The third-order valence-electron chi connectivity index (χ3n) is 2.10. The summed E-state index contributed by atoms with van der Waals surface area (Å²) in [6, 6.07) is 0. The Balaban J connectivity index is 3.03. The first-order valence-electron chi connectivity index (χ1n) is 4.15. The lowest BCUT2D eigenvalue weighted by atomic mass is 10.3. The molecule has 0 saturated carbocycles. The van der Waals surface area contributed by atoms with Crippen LogP contribution >= 0.6 is 10.3 Å². The molecule has 1 unspecified atom stereocenters. The summed E-state index contributed by atoms with van der Waals surface area (Å²) in [6.07, 6.45) is 1.90. The number of allylic oxidation sites excluding steroid dienone is 1. The standard InChI is InChI=1S/C7H9F3O4S2/c1-15(4-2-3-6(15)5-11)14-16(12,13)7(8,9)10/h2-4H2,1H3. The summed E-state index contributed by atoms with van der Waals surface area (Å²) in [5.41, 5.74) is -5.46. The number of halogens is 3. The molecule has 1 fully saturated rings. The molecular formula is C7H9F3O4S2. The molecule has 0 aromatic carbocycles. The lowest BCUT2D eigenvalue weighted by Crippen LogP contribution is -2.27. The van der Waals surface area contributed by atoms with E-state index in [0.717, 1.165) is 0 Å². The predicted molar refractivity (Wildman–Crippen MR) is 52.9 cm³/mol. The summed E-state index contributed by atoms with van der Waals surface area (Å²) in [7, 11) is -8.30. The quantitative estimate of drug-likeness (QED) is 0.570. The highest BCUT2D eigenvalue weighted by Gasteiger charge is 2.51. The van der Waals surface area contributed by atoms with Gasteiger partial charge in [0.2, 0.25) is 0 Å². The minimum absolute atomic E-state index is 0.000301. The van der Waals surface area contributed by atoms with Gasteiger partial charge in [0.15, 0.2) is 0 Å². The van der Waals surface area contributed by atoms with Crippen molar-refractivity contribution in [2.45, 2.75) is 18.3 Å². The third-order valence-corrected chi connectivity index (χ3v) is 6.98. The zero-order chi connectivity index (χ0) is 12.6. The molecular weight excluding hydrogens is 269 g/mol. The monoisotopic (exact) mass is 278 g/mol. The van der Waals surface area contributed by atoms with Crippen LogP contribution in [0.4, 0.5) is 13.2 Å². The highest BCUT2D eigenvalue weighted by Crippen LogP contribution is 2.61. The smallest absolute Gasteiger partial charge is 0.233 e. The molecule has 0 bridgehead atoms. The summed E-state index contributed by atoms with van der Waals surface area (Å²) < 4.78 is 62.0. The van der Waals surface area contributed by atoms with E-state index in [1.54, 1.807) is 0 Å². The Labute approximate surface area is 92.1 Å². The first-order valence-corrected chi connectivity index (χ1v) is 7.69. The van der Waals surface area contributed by atoms with E-state index in [1.165, 1.54) is 12.2 Å². The maximum Gasteiger partial charge on any atom is 0.523 e. The van der Waals surface area contributed by atoms with Crippen LogP contribution in [0.5, 0.6) is 0 Å². The zero-order valence-corrected chi connectivity index (χ0v) is 9.84. The molecule has 9 heteroatoms. The molecule has 1 rings (SSSR count). The number of hydrogen-bond donors (Lipinski definition) is 0. The van der Waals surface area contributed by atoms with Crippen molar-refractivity contribution < 1.29 is 30.0 Å². The molecule has 1 atom stereocenters. The molecule has 0 aromatic rings. The first kappa shape index (κ1) is 13.6. The summed E-state index contributed by atoms with van der Waals surface area (Å²) >= 11 is 0. The predicted octanol–water partition coefficient (Wildman–Crippen LogP) is 1.71. The maximum absolute atomic E-state index is 12.1. The summed E-state index contributed by atoms with van der Waals surface area (Å²) in [5, 5.41) is 0. The zero-order valence-electron chi connectivity index (χ0n) is 8.20. The molecule has 1 saturated heterocycles. The van der Waals surface area contributed by atoms with Gasteiger partial charge in [-0.05, 0) is 19.1 Å². The van der Waals surface area contributed by atoms with Crippen LogP contribution in [-0.2, 0) is 18.5 Å². The van der Waals surface area contributed by atoms with E-state index in [4.69, 9.17) is 0 Å². The van der Waals surface area contributed by atoms with E-state index in [0.29, 0.717) is 6.42 Å². The van der Waals surface area contributed by atoms with Gasteiger partial charge >= 0.3 is 15.6 Å². The van der Waals surface area contributed by atoms with Crippen LogP contribution in [0.3, 0.4) is 0 Å². The molecule has 0 spiro atoms. The lowest BCUT2D eigenvalue weighted by molar-refractivity contribution is -0.0495. The van der Waals surface area contributed by atoms with Crippen molar-refractivity contribution in [3.63, 3.8) is 0 Å². The number of alkyl halides is 3. The molecule has 0 N–H and O–H groups in total. The van der Waals surface area contributed by atoms with Crippen LogP contribution in [0.1, 0.15) is 12.8 Å². The molecule has 0 amide bonds. The largest absolute Gasteiger partial charge is 0.523 e. The third kappa shape index (κ3) is 2.42. The van der Waals surface area contributed by atoms with Crippen molar-refractivity contribution in [1.29, 1.82) is 0 Å². The molecule has 4 nitrogen and oxygen atoms in total. The Morgan fingerprint density at radius 2 is 2.00 bits per heavy atom. The van der Waals surface area contributed by atoms with Crippen LogP contribution in [0.25, 0.3) is 0 Å².